The Bertz CT molecular complexity index is 594. The van der Waals surface area contributed by atoms with Gasteiger partial charge >= 0.3 is 5.97 Å². The van der Waals surface area contributed by atoms with Crippen molar-refractivity contribution in [3.8, 4) is 0 Å². The van der Waals surface area contributed by atoms with Gasteiger partial charge < -0.3 is 14.9 Å². The quantitative estimate of drug-likeness (QED) is 0.592. The molecule has 21 heavy (non-hydrogen) atoms. The summed E-state index contributed by atoms with van der Waals surface area (Å²) in [5.41, 5.74) is -0.695. The van der Waals surface area contributed by atoms with Crippen LogP contribution in [0.2, 0.25) is 0 Å². The van der Waals surface area contributed by atoms with Crippen LogP contribution in [0.3, 0.4) is 0 Å². The number of rotatable bonds is 7. The van der Waals surface area contributed by atoms with Crippen LogP contribution in [0.1, 0.15) is 22.8 Å². The molecule has 0 saturated carbocycles. The van der Waals surface area contributed by atoms with Gasteiger partial charge in [0.2, 0.25) is 10.0 Å². The molecule has 0 fully saturated rings. The van der Waals surface area contributed by atoms with Gasteiger partial charge in [-0.2, -0.15) is 0 Å². The highest BCUT2D eigenvalue weighted by molar-refractivity contribution is 7.88. The minimum atomic E-state index is -3.79. The number of aliphatic hydroxyl groups excluding tert-OH is 2. The molecular weight excluding hydrogens is 298 g/mol. The van der Waals surface area contributed by atoms with Gasteiger partial charge in [-0.05, 0) is 24.6 Å². The SMILES string of the molecule is COC(=O)c1cccc(CS(=O)(=O)NC(C)(CO)CO)c1. The molecule has 1 aromatic rings. The fraction of sp³-hybridized carbons (Fsp3) is 0.462. The van der Waals surface area contributed by atoms with Crippen LogP contribution in [0.4, 0.5) is 0 Å². The van der Waals surface area contributed by atoms with E-state index in [-0.39, 0.29) is 11.3 Å². The molecule has 0 saturated heterocycles. The molecule has 0 aromatic heterocycles. The number of carbonyl (C=O) groups is 1. The lowest BCUT2D eigenvalue weighted by Gasteiger charge is -2.25. The van der Waals surface area contributed by atoms with Crippen molar-refractivity contribution in [2.24, 2.45) is 0 Å². The average molecular weight is 317 g/mol. The Morgan fingerprint density at radius 1 is 1.33 bits per heavy atom. The molecule has 0 aliphatic carbocycles. The minimum absolute atomic E-state index is 0.247. The van der Waals surface area contributed by atoms with Crippen LogP contribution in [0.15, 0.2) is 24.3 Å². The van der Waals surface area contributed by atoms with Gasteiger partial charge in [0.1, 0.15) is 0 Å². The third-order valence-electron chi connectivity index (χ3n) is 2.80. The van der Waals surface area contributed by atoms with Crippen molar-refractivity contribution in [1.29, 1.82) is 0 Å². The first-order valence-corrected chi connectivity index (χ1v) is 7.81. The number of hydrogen-bond acceptors (Lipinski definition) is 6. The summed E-state index contributed by atoms with van der Waals surface area (Å²) in [5, 5.41) is 18.2. The monoisotopic (exact) mass is 317 g/mol. The number of esters is 1. The molecule has 1 aromatic carbocycles. The molecule has 118 valence electrons. The second-order valence-electron chi connectivity index (χ2n) is 4.93. The van der Waals surface area contributed by atoms with E-state index in [0.29, 0.717) is 5.56 Å². The zero-order valence-electron chi connectivity index (χ0n) is 11.9. The molecular formula is C13H19NO6S. The van der Waals surface area contributed by atoms with E-state index in [1.54, 1.807) is 12.1 Å². The number of sulfonamides is 1. The standard InChI is InChI=1S/C13H19NO6S/c1-13(8-15,9-16)14-21(18,19)7-10-4-3-5-11(6-10)12(17)20-2/h3-6,14-16H,7-9H2,1-2H3. The van der Waals surface area contributed by atoms with Crippen LogP contribution in [0.5, 0.6) is 0 Å². The van der Waals surface area contributed by atoms with Gasteiger partial charge in [0.25, 0.3) is 0 Å². The Balaban J connectivity index is 2.92. The lowest BCUT2D eigenvalue weighted by atomic mass is 10.1. The molecule has 7 nitrogen and oxygen atoms in total. The molecule has 0 aliphatic rings. The van der Waals surface area contributed by atoms with Crippen molar-refractivity contribution >= 4 is 16.0 Å². The largest absolute Gasteiger partial charge is 0.465 e. The van der Waals surface area contributed by atoms with Crippen molar-refractivity contribution in [2.75, 3.05) is 20.3 Å². The van der Waals surface area contributed by atoms with Gasteiger partial charge in [-0.15, -0.1) is 0 Å². The number of hydrogen-bond donors (Lipinski definition) is 3. The van der Waals surface area contributed by atoms with Crippen LogP contribution >= 0.6 is 0 Å². The number of carbonyl (C=O) groups excluding carboxylic acids is 1. The Kier molecular flexibility index (Phi) is 5.85. The van der Waals surface area contributed by atoms with E-state index in [4.69, 9.17) is 10.2 Å². The molecule has 0 spiro atoms. The van der Waals surface area contributed by atoms with E-state index in [1.807, 2.05) is 0 Å². The minimum Gasteiger partial charge on any atom is -0.465 e. The van der Waals surface area contributed by atoms with E-state index >= 15 is 0 Å². The van der Waals surface area contributed by atoms with Crippen molar-refractivity contribution in [3.05, 3.63) is 35.4 Å². The zero-order valence-corrected chi connectivity index (χ0v) is 12.7. The molecule has 0 aliphatic heterocycles. The van der Waals surface area contributed by atoms with E-state index < -0.39 is 34.7 Å². The van der Waals surface area contributed by atoms with E-state index in [9.17, 15) is 13.2 Å². The maximum Gasteiger partial charge on any atom is 0.337 e. The van der Waals surface area contributed by atoms with Gasteiger partial charge in [-0.3, -0.25) is 0 Å². The van der Waals surface area contributed by atoms with Crippen LogP contribution in [0.25, 0.3) is 0 Å². The smallest absolute Gasteiger partial charge is 0.337 e. The third-order valence-corrected chi connectivity index (χ3v) is 4.32. The van der Waals surface area contributed by atoms with Crippen molar-refractivity contribution in [3.63, 3.8) is 0 Å². The van der Waals surface area contributed by atoms with Crippen molar-refractivity contribution in [1.82, 2.24) is 4.72 Å². The molecule has 0 bridgehead atoms. The van der Waals surface area contributed by atoms with Crippen LogP contribution in [0, 0.1) is 0 Å². The summed E-state index contributed by atoms with van der Waals surface area (Å²) >= 11 is 0. The summed E-state index contributed by atoms with van der Waals surface area (Å²) in [5.74, 6) is -0.939. The molecule has 8 heteroatoms. The number of benzene rings is 1. The molecule has 1 rings (SSSR count). The predicted molar refractivity (Wildman–Crippen MR) is 76.1 cm³/mol. The van der Waals surface area contributed by atoms with E-state index in [1.165, 1.54) is 26.2 Å². The second-order valence-corrected chi connectivity index (χ2v) is 6.65. The highest BCUT2D eigenvalue weighted by Gasteiger charge is 2.28. The number of nitrogens with one attached hydrogen (secondary N) is 1. The highest BCUT2D eigenvalue weighted by Crippen LogP contribution is 2.12. The summed E-state index contributed by atoms with van der Waals surface area (Å²) < 4.78 is 30.9. The highest BCUT2D eigenvalue weighted by atomic mass is 32.2. The summed E-state index contributed by atoms with van der Waals surface area (Å²) in [7, 11) is -2.55. The molecule has 3 N–H and O–H groups in total. The summed E-state index contributed by atoms with van der Waals surface area (Å²) in [6.45, 7) is 0.311. The van der Waals surface area contributed by atoms with E-state index in [0.717, 1.165) is 0 Å². The Morgan fingerprint density at radius 3 is 2.48 bits per heavy atom. The molecule has 0 unspecified atom stereocenters. The van der Waals surface area contributed by atoms with Gasteiger partial charge in [0, 0.05) is 0 Å². The van der Waals surface area contributed by atoms with Crippen LogP contribution < -0.4 is 4.72 Å². The van der Waals surface area contributed by atoms with Crippen LogP contribution in [-0.4, -0.2) is 50.5 Å². The normalized spacial score (nSPS) is 12.2. The topological polar surface area (TPSA) is 113 Å². The third kappa shape index (κ3) is 5.09. The molecule has 0 amide bonds. The summed E-state index contributed by atoms with van der Waals surface area (Å²) in [4.78, 5) is 11.4. The fourth-order valence-corrected chi connectivity index (χ4v) is 3.22. The maximum absolute atomic E-state index is 12.0. The fourth-order valence-electron chi connectivity index (χ4n) is 1.65. The first-order chi connectivity index (χ1) is 9.75. The zero-order chi connectivity index (χ0) is 16.1. The summed E-state index contributed by atoms with van der Waals surface area (Å²) in [6, 6.07) is 6.04. The first kappa shape index (κ1) is 17.6. The van der Waals surface area contributed by atoms with Crippen molar-refractivity contribution in [2.45, 2.75) is 18.2 Å². The lowest BCUT2D eigenvalue weighted by molar-refractivity contribution is 0.0600. The van der Waals surface area contributed by atoms with Gasteiger partial charge in [-0.1, -0.05) is 12.1 Å². The number of methoxy groups -OCH3 is 1. The Labute approximate surface area is 123 Å². The predicted octanol–water partition coefficient (Wildman–Crippen LogP) is -0.364. The number of ether oxygens (including phenoxy) is 1. The Hall–Kier alpha value is -1.48. The summed E-state index contributed by atoms with van der Waals surface area (Å²) in [6.07, 6.45) is 0. The maximum atomic E-state index is 12.0. The lowest BCUT2D eigenvalue weighted by Crippen LogP contribution is -2.51. The van der Waals surface area contributed by atoms with E-state index in [2.05, 4.69) is 9.46 Å². The molecule has 0 radical (unpaired) electrons. The molecule has 0 heterocycles. The second kappa shape index (κ2) is 6.99. The number of aliphatic hydroxyl groups is 2. The molecule has 0 atom stereocenters. The van der Waals surface area contributed by atoms with Gasteiger partial charge in [-0.25, -0.2) is 17.9 Å². The van der Waals surface area contributed by atoms with Gasteiger partial charge in [0.15, 0.2) is 0 Å². The Morgan fingerprint density at radius 2 is 1.95 bits per heavy atom. The van der Waals surface area contributed by atoms with Gasteiger partial charge in [0.05, 0.1) is 37.2 Å². The van der Waals surface area contributed by atoms with Crippen molar-refractivity contribution < 1.29 is 28.2 Å². The van der Waals surface area contributed by atoms with Crippen LogP contribution in [-0.2, 0) is 20.5 Å². The average Bonchev–Trinajstić information content (AvgIpc) is 2.45. The first-order valence-electron chi connectivity index (χ1n) is 6.16.